The summed E-state index contributed by atoms with van der Waals surface area (Å²) >= 11 is 0. The lowest BCUT2D eigenvalue weighted by Gasteiger charge is -2.43. The minimum Gasteiger partial charge on any atom is -0.374 e. The number of aryl methyl sites for hydroxylation is 1. The molecule has 2 N–H and O–H groups in total. The van der Waals surface area contributed by atoms with Gasteiger partial charge in [0.05, 0.1) is 5.92 Å². The number of carbonyl (C=O) groups is 1. The molecule has 4 rings (SSSR count). The van der Waals surface area contributed by atoms with Gasteiger partial charge in [-0.05, 0) is 77.8 Å². The number of nitrogens with zero attached hydrogens (tertiary/aromatic N) is 1. The summed E-state index contributed by atoms with van der Waals surface area (Å²) in [6, 6.07) is 27.4. The predicted octanol–water partition coefficient (Wildman–Crippen LogP) is 5.98. The van der Waals surface area contributed by atoms with Crippen LogP contribution < -0.4 is 5.32 Å². The van der Waals surface area contributed by atoms with Gasteiger partial charge in [-0.15, -0.1) is 0 Å². The maximum atomic E-state index is 13.6. The lowest BCUT2D eigenvalue weighted by Crippen LogP contribution is -2.45. The van der Waals surface area contributed by atoms with E-state index < -0.39 is 6.23 Å². The number of hydrogen-bond donors (Lipinski definition) is 2. The minimum atomic E-state index is -0.796. The molecule has 3 aromatic rings. The number of hydrogen-bond acceptors (Lipinski definition) is 3. The molecule has 1 saturated heterocycles. The molecule has 3 atom stereocenters. The molecule has 176 valence electrons. The number of nitrogens with one attached hydrogen (secondary N) is 1. The maximum Gasteiger partial charge on any atom is 0.229 e. The number of aliphatic hydroxyl groups is 1. The Hall–Kier alpha value is -3.13. The molecule has 0 radical (unpaired) electrons. The first-order valence-corrected chi connectivity index (χ1v) is 12.0. The standard InChI is InChI=1S/C30H34N2O2/c1-21-12-8-9-17-25(21)29(34)32-19-11-18-26(27(32)22-13-6-5-7-14-22)28(33)31-24-16-10-15-23(20-24)30(2,3)4/h6,8-10,12-17,20,26-27,29,34H,11,18-19H2,1-4H3,(H,31,33)/t26?,27-,29?/m0/s1. The van der Waals surface area contributed by atoms with Crippen LogP contribution in [-0.2, 0) is 10.2 Å². The second-order valence-electron chi connectivity index (χ2n) is 10.2. The predicted molar refractivity (Wildman–Crippen MR) is 136 cm³/mol. The van der Waals surface area contributed by atoms with Crippen molar-refractivity contribution in [2.45, 2.75) is 58.2 Å². The van der Waals surface area contributed by atoms with Crippen LogP contribution in [0.2, 0.25) is 0 Å². The van der Waals surface area contributed by atoms with E-state index in [0.717, 1.165) is 35.2 Å². The number of likely N-dealkylation sites (tertiary alicyclic amines) is 1. The molecule has 4 heteroatoms. The number of carbonyl (C=O) groups excluding carboxylic acids is 1. The molecule has 34 heavy (non-hydrogen) atoms. The number of amides is 1. The summed E-state index contributed by atoms with van der Waals surface area (Å²) in [5.74, 6) is -0.327. The van der Waals surface area contributed by atoms with Gasteiger partial charge in [0.1, 0.15) is 6.23 Å². The topological polar surface area (TPSA) is 52.6 Å². The molecule has 0 saturated carbocycles. The molecule has 3 aromatic carbocycles. The molecule has 1 aliphatic rings. The highest BCUT2D eigenvalue weighted by molar-refractivity contribution is 5.93. The second-order valence-corrected chi connectivity index (χ2v) is 10.2. The van der Waals surface area contributed by atoms with Crippen LogP contribution in [0.5, 0.6) is 0 Å². The quantitative estimate of drug-likeness (QED) is 0.499. The van der Waals surface area contributed by atoms with Crippen LogP contribution in [0.4, 0.5) is 5.69 Å². The van der Waals surface area contributed by atoms with Crippen molar-refractivity contribution in [1.29, 1.82) is 0 Å². The number of anilines is 1. The van der Waals surface area contributed by atoms with E-state index >= 15 is 0 Å². The SMILES string of the molecule is Cc1ccccc1C(O)N1CCCC(C(=O)Nc2cccc(C(C)(C)C)c2)[C@@H]1c1cc#ccc1. The maximum absolute atomic E-state index is 13.6. The summed E-state index contributed by atoms with van der Waals surface area (Å²) in [5.41, 5.74) is 4.86. The van der Waals surface area contributed by atoms with Gasteiger partial charge in [-0.1, -0.05) is 69.3 Å². The van der Waals surface area contributed by atoms with Gasteiger partial charge in [-0.25, -0.2) is 0 Å². The summed E-state index contributed by atoms with van der Waals surface area (Å²) in [5, 5.41) is 14.6. The third-order valence-corrected chi connectivity index (χ3v) is 6.81. The number of aliphatic hydroxyl groups excluding tert-OH is 1. The highest BCUT2D eigenvalue weighted by Crippen LogP contribution is 2.41. The molecule has 0 bridgehead atoms. The molecule has 2 unspecified atom stereocenters. The fourth-order valence-electron chi connectivity index (χ4n) is 4.89. The van der Waals surface area contributed by atoms with E-state index in [-0.39, 0.29) is 23.3 Å². The summed E-state index contributed by atoms with van der Waals surface area (Å²) in [6.45, 7) is 9.22. The van der Waals surface area contributed by atoms with Crippen LogP contribution in [0.15, 0.2) is 66.7 Å². The zero-order chi connectivity index (χ0) is 24.3. The molecular weight excluding hydrogens is 420 g/mol. The molecule has 1 heterocycles. The van der Waals surface area contributed by atoms with Crippen LogP contribution in [0.25, 0.3) is 0 Å². The fourth-order valence-corrected chi connectivity index (χ4v) is 4.89. The first-order valence-electron chi connectivity index (χ1n) is 12.0. The van der Waals surface area contributed by atoms with Crippen LogP contribution in [0.1, 0.15) is 68.1 Å². The minimum absolute atomic E-state index is 0.00105. The molecular formula is C30H34N2O2. The van der Waals surface area contributed by atoms with Gasteiger partial charge in [-0.2, -0.15) is 0 Å². The normalized spacial score (nSPS) is 19.8. The second kappa shape index (κ2) is 10.0. The van der Waals surface area contributed by atoms with Crippen LogP contribution in [0.3, 0.4) is 0 Å². The van der Waals surface area contributed by atoms with E-state index in [9.17, 15) is 9.90 Å². The Labute approximate surface area is 203 Å². The number of benzene rings is 2. The van der Waals surface area contributed by atoms with Crippen LogP contribution in [-0.4, -0.2) is 22.5 Å². The zero-order valence-electron chi connectivity index (χ0n) is 20.5. The lowest BCUT2D eigenvalue weighted by molar-refractivity contribution is -0.128. The average Bonchev–Trinajstić information content (AvgIpc) is 2.83. The van der Waals surface area contributed by atoms with Gasteiger partial charge in [-0.3, -0.25) is 9.69 Å². The van der Waals surface area contributed by atoms with Crippen molar-refractivity contribution in [1.82, 2.24) is 4.90 Å². The van der Waals surface area contributed by atoms with Crippen molar-refractivity contribution in [3.8, 4) is 0 Å². The lowest BCUT2D eigenvalue weighted by atomic mass is 9.83. The summed E-state index contributed by atoms with van der Waals surface area (Å²) in [7, 11) is 0. The molecule has 0 aromatic heterocycles. The Morgan fingerprint density at radius 2 is 1.91 bits per heavy atom. The van der Waals surface area contributed by atoms with Gasteiger partial charge >= 0.3 is 0 Å². The van der Waals surface area contributed by atoms with E-state index in [2.05, 4.69) is 55.3 Å². The van der Waals surface area contributed by atoms with Crippen molar-refractivity contribution >= 4 is 11.6 Å². The third-order valence-electron chi connectivity index (χ3n) is 6.81. The zero-order valence-corrected chi connectivity index (χ0v) is 20.5. The molecule has 1 amide bonds. The highest BCUT2D eigenvalue weighted by atomic mass is 16.3. The Kier molecular flexibility index (Phi) is 7.07. The van der Waals surface area contributed by atoms with Gasteiger partial charge in [0.2, 0.25) is 5.91 Å². The monoisotopic (exact) mass is 454 g/mol. The Morgan fingerprint density at radius 3 is 2.62 bits per heavy atom. The van der Waals surface area contributed by atoms with Crippen molar-refractivity contribution in [3.63, 3.8) is 0 Å². The third kappa shape index (κ3) is 5.17. The summed E-state index contributed by atoms with van der Waals surface area (Å²) < 4.78 is 0. The van der Waals surface area contributed by atoms with E-state index in [1.807, 2.05) is 61.5 Å². The molecule has 4 nitrogen and oxygen atoms in total. The largest absolute Gasteiger partial charge is 0.374 e. The van der Waals surface area contributed by atoms with Gasteiger partial charge in [0, 0.05) is 18.3 Å². The van der Waals surface area contributed by atoms with E-state index in [1.165, 1.54) is 5.56 Å². The molecule has 1 fully saturated rings. The Balaban J connectivity index is 1.66. The highest BCUT2D eigenvalue weighted by Gasteiger charge is 2.40. The van der Waals surface area contributed by atoms with E-state index in [1.54, 1.807) is 0 Å². The van der Waals surface area contributed by atoms with E-state index in [0.29, 0.717) is 6.54 Å². The Bertz CT molecular complexity index is 1120. The molecule has 0 aliphatic carbocycles. The van der Waals surface area contributed by atoms with E-state index in [4.69, 9.17) is 0 Å². The van der Waals surface area contributed by atoms with Crippen molar-refractivity contribution in [2.75, 3.05) is 11.9 Å². The average molecular weight is 455 g/mol. The number of rotatable bonds is 5. The van der Waals surface area contributed by atoms with Gasteiger partial charge in [0.25, 0.3) is 0 Å². The smallest absolute Gasteiger partial charge is 0.229 e. The molecule has 1 aliphatic heterocycles. The fraction of sp³-hybridized carbons (Fsp3) is 0.367. The van der Waals surface area contributed by atoms with Gasteiger partial charge < -0.3 is 10.4 Å². The summed E-state index contributed by atoms with van der Waals surface area (Å²) in [4.78, 5) is 15.7. The summed E-state index contributed by atoms with van der Waals surface area (Å²) in [6.07, 6.45) is 0.794. The molecule has 0 spiro atoms. The number of piperidine rings is 1. The van der Waals surface area contributed by atoms with Crippen molar-refractivity contribution in [2.24, 2.45) is 5.92 Å². The van der Waals surface area contributed by atoms with Crippen LogP contribution >= 0.6 is 0 Å². The van der Waals surface area contributed by atoms with Crippen molar-refractivity contribution in [3.05, 3.63) is 101 Å². The van der Waals surface area contributed by atoms with Crippen molar-refractivity contribution < 1.29 is 9.90 Å². The Morgan fingerprint density at radius 1 is 1.12 bits per heavy atom. The van der Waals surface area contributed by atoms with Gasteiger partial charge in [0.15, 0.2) is 0 Å². The first-order chi connectivity index (χ1) is 16.3. The van der Waals surface area contributed by atoms with Crippen LogP contribution in [0, 0.1) is 25.0 Å². The first kappa shape index (κ1) is 24.0.